The first-order chi connectivity index (χ1) is 15.6. The highest BCUT2D eigenvalue weighted by atomic mass is 16.5. The highest BCUT2D eigenvalue weighted by molar-refractivity contribution is 5.86. The van der Waals surface area contributed by atoms with Crippen LogP contribution in [0, 0.1) is 0 Å². The molecule has 3 aromatic carbocycles. The van der Waals surface area contributed by atoms with Crippen molar-refractivity contribution in [3.8, 4) is 0 Å². The Morgan fingerprint density at radius 3 is 1.97 bits per heavy atom. The molecule has 0 aliphatic heterocycles. The lowest BCUT2D eigenvalue weighted by molar-refractivity contribution is -0.123. The lowest BCUT2D eigenvalue weighted by Crippen LogP contribution is -2.49. The number of hydrogen-bond acceptors (Lipinski definition) is 3. The van der Waals surface area contributed by atoms with Crippen molar-refractivity contribution >= 4 is 12.0 Å². The van der Waals surface area contributed by atoms with Crippen LogP contribution in [0.3, 0.4) is 0 Å². The molecule has 0 heterocycles. The molecule has 0 spiro atoms. The Bertz CT molecular complexity index is 1020. The molecule has 2 amide bonds. The van der Waals surface area contributed by atoms with Crippen molar-refractivity contribution in [3.63, 3.8) is 0 Å². The SMILES string of the molecule is O=C(NC(Cc1ccccc1)C(=O)NCC1(c2ccccc2)CC1)OCc1ccccc1. The Labute approximate surface area is 188 Å². The minimum Gasteiger partial charge on any atom is -0.445 e. The molecule has 2 N–H and O–H groups in total. The Hall–Kier alpha value is -3.60. The molecule has 1 fully saturated rings. The van der Waals surface area contributed by atoms with E-state index < -0.39 is 12.1 Å². The Morgan fingerprint density at radius 2 is 1.38 bits per heavy atom. The van der Waals surface area contributed by atoms with Crippen molar-refractivity contribution in [2.75, 3.05) is 6.54 Å². The van der Waals surface area contributed by atoms with Crippen LogP contribution in [0.4, 0.5) is 4.79 Å². The fourth-order valence-corrected chi connectivity index (χ4v) is 3.86. The first-order valence-corrected chi connectivity index (χ1v) is 11.0. The van der Waals surface area contributed by atoms with Crippen LogP contribution in [0.1, 0.15) is 29.5 Å². The van der Waals surface area contributed by atoms with E-state index in [1.807, 2.05) is 78.9 Å². The van der Waals surface area contributed by atoms with Crippen LogP contribution in [-0.2, 0) is 28.0 Å². The summed E-state index contributed by atoms with van der Waals surface area (Å²) in [6.07, 6.45) is 1.89. The molecule has 1 aliphatic rings. The number of carbonyl (C=O) groups is 2. The quantitative estimate of drug-likeness (QED) is 0.532. The van der Waals surface area contributed by atoms with Crippen LogP contribution < -0.4 is 10.6 Å². The van der Waals surface area contributed by atoms with Gasteiger partial charge < -0.3 is 15.4 Å². The third-order valence-electron chi connectivity index (χ3n) is 5.94. The summed E-state index contributed by atoms with van der Waals surface area (Å²) >= 11 is 0. The van der Waals surface area contributed by atoms with Crippen LogP contribution in [-0.4, -0.2) is 24.6 Å². The maximum absolute atomic E-state index is 13.1. The van der Waals surface area contributed by atoms with E-state index in [-0.39, 0.29) is 17.9 Å². The Balaban J connectivity index is 1.38. The van der Waals surface area contributed by atoms with Crippen LogP contribution in [0.5, 0.6) is 0 Å². The molecule has 0 bridgehead atoms. The van der Waals surface area contributed by atoms with Crippen LogP contribution >= 0.6 is 0 Å². The van der Waals surface area contributed by atoms with E-state index in [0.717, 1.165) is 24.0 Å². The molecule has 0 radical (unpaired) electrons. The highest BCUT2D eigenvalue weighted by Crippen LogP contribution is 2.47. The van der Waals surface area contributed by atoms with E-state index in [2.05, 4.69) is 22.8 Å². The lowest BCUT2D eigenvalue weighted by atomic mass is 9.95. The van der Waals surface area contributed by atoms with Gasteiger partial charge in [0.25, 0.3) is 0 Å². The smallest absolute Gasteiger partial charge is 0.408 e. The molecule has 4 rings (SSSR count). The molecule has 32 heavy (non-hydrogen) atoms. The maximum Gasteiger partial charge on any atom is 0.408 e. The third kappa shape index (κ3) is 5.76. The van der Waals surface area contributed by atoms with Gasteiger partial charge in [-0.05, 0) is 29.5 Å². The second-order valence-electron chi connectivity index (χ2n) is 8.31. The summed E-state index contributed by atoms with van der Waals surface area (Å²) in [5.41, 5.74) is 3.11. The largest absolute Gasteiger partial charge is 0.445 e. The zero-order valence-electron chi connectivity index (χ0n) is 18.0. The number of nitrogens with one attached hydrogen (secondary N) is 2. The summed E-state index contributed by atoms with van der Waals surface area (Å²) in [6.45, 7) is 0.714. The van der Waals surface area contributed by atoms with Gasteiger partial charge >= 0.3 is 6.09 Å². The molecule has 3 aromatic rings. The average molecular weight is 429 g/mol. The fourth-order valence-electron chi connectivity index (χ4n) is 3.86. The van der Waals surface area contributed by atoms with Crippen LogP contribution in [0.2, 0.25) is 0 Å². The molecule has 1 saturated carbocycles. The molecule has 5 heteroatoms. The number of hydrogen-bond donors (Lipinski definition) is 2. The first kappa shape index (κ1) is 21.6. The minimum absolute atomic E-state index is 0.00202. The van der Waals surface area contributed by atoms with Gasteiger partial charge in [0.05, 0.1) is 0 Å². The zero-order chi connectivity index (χ0) is 22.2. The summed E-state index contributed by atoms with van der Waals surface area (Å²) in [7, 11) is 0. The van der Waals surface area contributed by atoms with Crippen molar-refractivity contribution in [1.29, 1.82) is 0 Å². The maximum atomic E-state index is 13.1. The van der Waals surface area contributed by atoms with Crippen molar-refractivity contribution in [2.24, 2.45) is 0 Å². The topological polar surface area (TPSA) is 67.4 Å². The van der Waals surface area contributed by atoms with Crippen LogP contribution in [0.25, 0.3) is 0 Å². The van der Waals surface area contributed by atoms with Crippen molar-refractivity contribution < 1.29 is 14.3 Å². The van der Waals surface area contributed by atoms with E-state index in [1.165, 1.54) is 5.56 Å². The summed E-state index contributed by atoms with van der Waals surface area (Å²) in [5, 5.41) is 5.83. The van der Waals surface area contributed by atoms with Gasteiger partial charge in [0.2, 0.25) is 5.91 Å². The highest BCUT2D eigenvalue weighted by Gasteiger charge is 2.44. The Morgan fingerprint density at radius 1 is 0.812 bits per heavy atom. The summed E-state index contributed by atoms with van der Waals surface area (Å²) in [4.78, 5) is 25.5. The number of benzene rings is 3. The minimum atomic E-state index is -0.716. The van der Waals surface area contributed by atoms with E-state index in [4.69, 9.17) is 4.74 Å². The van der Waals surface area contributed by atoms with Gasteiger partial charge in [-0.25, -0.2) is 4.79 Å². The van der Waals surface area contributed by atoms with Crippen molar-refractivity contribution in [3.05, 3.63) is 108 Å². The lowest BCUT2D eigenvalue weighted by Gasteiger charge is -2.21. The molecule has 1 aliphatic carbocycles. The first-order valence-electron chi connectivity index (χ1n) is 11.0. The van der Waals surface area contributed by atoms with E-state index in [1.54, 1.807) is 0 Å². The van der Waals surface area contributed by atoms with Gasteiger partial charge in [0.1, 0.15) is 12.6 Å². The number of rotatable bonds is 9. The van der Waals surface area contributed by atoms with E-state index in [0.29, 0.717) is 13.0 Å². The second kappa shape index (κ2) is 10.1. The van der Waals surface area contributed by atoms with Gasteiger partial charge in [-0.2, -0.15) is 0 Å². The molecule has 0 saturated heterocycles. The number of ether oxygens (including phenoxy) is 1. The van der Waals surface area contributed by atoms with Gasteiger partial charge in [-0.15, -0.1) is 0 Å². The van der Waals surface area contributed by atoms with E-state index >= 15 is 0 Å². The Kier molecular flexibility index (Phi) is 6.85. The van der Waals surface area contributed by atoms with Gasteiger partial charge in [0, 0.05) is 18.4 Å². The predicted octanol–water partition coefficient (Wildman–Crippen LogP) is 4.37. The summed E-state index contributed by atoms with van der Waals surface area (Å²) in [5.74, 6) is -0.201. The average Bonchev–Trinajstić information content (AvgIpc) is 3.64. The number of amides is 2. The third-order valence-corrected chi connectivity index (χ3v) is 5.94. The standard InChI is InChI=1S/C27H28N2O3/c30-25(28-20-27(16-17-27)23-14-8-3-9-15-23)24(18-21-10-4-1-5-11-21)29-26(31)32-19-22-12-6-2-7-13-22/h1-15,24H,16-20H2,(H,28,30)(H,29,31). The normalized spacial score (nSPS) is 14.8. The fraction of sp³-hybridized carbons (Fsp3) is 0.259. The van der Waals surface area contributed by atoms with Crippen LogP contribution in [0.15, 0.2) is 91.0 Å². The monoisotopic (exact) mass is 428 g/mol. The molecular formula is C27H28N2O3. The molecule has 5 nitrogen and oxygen atoms in total. The molecule has 0 aromatic heterocycles. The summed E-state index contributed by atoms with van der Waals surface area (Å²) < 4.78 is 5.34. The van der Waals surface area contributed by atoms with Crippen molar-refractivity contribution in [2.45, 2.75) is 37.3 Å². The molecular weight excluding hydrogens is 400 g/mol. The van der Waals surface area contributed by atoms with Gasteiger partial charge in [-0.1, -0.05) is 91.0 Å². The molecule has 1 atom stereocenters. The van der Waals surface area contributed by atoms with E-state index in [9.17, 15) is 9.59 Å². The molecule has 164 valence electrons. The predicted molar refractivity (Wildman–Crippen MR) is 124 cm³/mol. The number of alkyl carbamates (subject to hydrolysis) is 1. The second-order valence-corrected chi connectivity index (χ2v) is 8.31. The zero-order valence-corrected chi connectivity index (χ0v) is 18.0. The van der Waals surface area contributed by atoms with Gasteiger partial charge in [0.15, 0.2) is 0 Å². The van der Waals surface area contributed by atoms with Gasteiger partial charge in [-0.3, -0.25) is 4.79 Å². The molecule has 1 unspecified atom stereocenters. The summed E-state index contributed by atoms with van der Waals surface area (Å²) in [6, 6.07) is 28.7. The number of carbonyl (C=O) groups excluding carboxylic acids is 2. The van der Waals surface area contributed by atoms with Crippen molar-refractivity contribution in [1.82, 2.24) is 10.6 Å².